The Balaban J connectivity index is 2.27. The van der Waals surface area contributed by atoms with Gasteiger partial charge in [-0.2, -0.15) is 16.7 Å². The summed E-state index contributed by atoms with van der Waals surface area (Å²) < 4.78 is 10.2. The van der Waals surface area contributed by atoms with Crippen molar-refractivity contribution in [3.05, 3.63) is 24.0 Å². The lowest BCUT2D eigenvalue weighted by molar-refractivity contribution is 0.407. The van der Waals surface area contributed by atoms with E-state index in [1.807, 2.05) is 0 Å². The summed E-state index contributed by atoms with van der Waals surface area (Å²) in [5.74, 6) is 3.34. The van der Waals surface area contributed by atoms with Crippen LogP contribution < -0.4 is 4.74 Å². The maximum absolute atomic E-state index is 9.78. The van der Waals surface area contributed by atoms with Crippen LogP contribution in [0.25, 0.3) is 11.5 Å². The summed E-state index contributed by atoms with van der Waals surface area (Å²) in [6, 6.07) is 4.88. The zero-order chi connectivity index (χ0) is 13.0. The zero-order valence-electron chi connectivity index (χ0n) is 10.2. The lowest BCUT2D eigenvalue weighted by Gasteiger charge is -2.02. The van der Waals surface area contributed by atoms with Gasteiger partial charge in [0.2, 0.25) is 0 Å². The summed E-state index contributed by atoms with van der Waals surface area (Å²) >= 11 is 1.71. The van der Waals surface area contributed by atoms with Gasteiger partial charge < -0.3 is 14.4 Å². The number of benzene rings is 1. The first kappa shape index (κ1) is 12.8. The van der Waals surface area contributed by atoms with Crippen LogP contribution in [0.5, 0.6) is 11.5 Å². The molecule has 0 atom stereocenters. The third-order valence-corrected chi connectivity index (χ3v) is 3.21. The average Bonchev–Trinajstić information content (AvgIpc) is 2.85. The minimum Gasteiger partial charge on any atom is -0.507 e. The maximum Gasteiger partial charge on any atom is 0.261 e. The molecule has 0 bridgehead atoms. The Hall–Kier alpha value is -1.69. The van der Waals surface area contributed by atoms with E-state index in [2.05, 4.69) is 17.1 Å². The fraction of sp³-hybridized carbons (Fsp3) is 0.333. The molecule has 18 heavy (non-hydrogen) atoms. The molecule has 5 nitrogen and oxygen atoms in total. The second kappa shape index (κ2) is 5.77. The molecule has 0 radical (unpaired) electrons. The fourth-order valence-electron chi connectivity index (χ4n) is 1.43. The van der Waals surface area contributed by atoms with Gasteiger partial charge in [0.05, 0.1) is 18.4 Å². The standard InChI is InChI=1S/C12H14N2O3S/c1-3-18-7-11-13-12(17-14-11)9-6-8(16-2)4-5-10(9)15/h4-6,15H,3,7H2,1-2H3. The van der Waals surface area contributed by atoms with Gasteiger partial charge in [0.15, 0.2) is 5.82 Å². The molecule has 0 saturated heterocycles. The van der Waals surface area contributed by atoms with Crippen molar-refractivity contribution in [3.8, 4) is 23.0 Å². The quantitative estimate of drug-likeness (QED) is 0.897. The van der Waals surface area contributed by atoms with Crippen molar-refractivity contribution in [3.63, 3.8) is 0 Å². The first-order chi connectivity index (χ1) is 8.74. The highest BCUT2D eigenvalue weighted by atomic mass is 32.2. The molecule has 0 aliphatic rings. The van der Waals surface area contributed by atoms with Crippen molar-refractivity contribution in [2.75, 3.05) is 12.9 Å². The van der Waals surface area contributed by atoms with Crippen LogP contribution in [0, 0.1) is 0 Å². The second-order valence-corrected chi connectivity index (χ2v) is 4.81. The Labute approximate surface area is 109 Å². The molecular weight excluding hydrogens is 252 g/mol. The minimum absolute atomic E-state index is 0.0918. The lowest BCUT2D eigenvalue weighted by Crippen LogP contribution is -1.86. The highest BCUT2D eigenvalue weighted by Gasteiger charge is 2.13. The predicted octanol–water partition coefficient (Wildman–Crippen LogP) is 2.70. The van der Waals surface area contributed by atoms with Gasteiger partial charge in [-0.05, 0) is 24.0 Å². The number of hydrogen-bond acceptors (Lipinski definition) is 6. The van der Waals surface area contributed by atoms with Gasteiger partial charge in [-0.25, -0.2) is 0 Å². The summed E-state index contributed by atoms with van der Waals surface area (Å²) in [6.07, 6.45) is 0. The van der Waals surface area contributed by atoms with Crippen LogP contribution in [0.15, 0.2) is 22.7 Å². The number of methoxy groups -OCH3 is 1. The van der Waals surface area contributed by atoms with Gasteiger partial charge in [0.1, 0.15) is 11.5 Å². The zero-order valence-corrected chi connectivity index (χ0v) is 11.0. The van der Waals surface area contributed by atoms with Gasteiger partial charge in [0, 0.05) is 0 Å². The second-order valence-electron chi connectivity index (χ2n) is 3.54. The molecule has 1 N–H and O–H groups in total. The van der Waals surface area contributed by atoms with E-state index in [9.17, 15) is 5.11 Å². The highest BCUT2D eigenvalue weighted by molar-refractivity contribution is 7.98. The molecule has 96 valence electrons. The van der Waals surface area contributed by atoms with Crippen LogP contribution in [0.4, 0.5) is 0 Å². The number of thioether (sulfide) groups is 1. The Morgan fingerprint density at radius 1 is 1.44 bits per heavy atom. The molecule has 0 aliphatic carbocycles. The first-order valence-electron chi connectivity index (χ1n) is 5.52. The lowest BCUT2D eigenvalue weighted by atomic mass is 10.2. The van der Waals surface area contributed by atoms with Crippen molar-refractivity contribution in [2.45, 2.75) is 12.7 Å². The van der Waals surface area contributed by atoms with E-state index in [1.165, 1.54) is 0 Å². The Kier molecular flexibility index (Phi) is 4.09. The van der Waals surface area contributed by atoms with Crippen molar-refractivity contribution in [1.82, 2.24) is 10.1 Å². The highest BCUT2D eigenvalue weighted by Crippen LogP contribution is 2.31. The minimum atomic E-state index is 0.0918. The number of ether oxygens (including phenoxy) is 1. The smallest absolute Gasteiger partial charge is 0.261 e. The predicted molar refractivity (Wildman–Crippen MR) is 69.8 cm³/mol. The van der Waals surface area contributed by atoms with Gasteiger partial charge in [-0.15, -0.1) is 0 Å². The average molecular weight is 266 g/mol. The summed E-state index contributed by atoms with van der Waals surface area (Å²) in [5, 5.41) is 13.6. The first-order valence-corrected chi connectivity index (χ1v) is 6.67. The molecule has 0 unspecified atom stereocenters. The van der Waals surface area contributed by atoms with Crippen molar-refractivity contribution < 1.29 is 14.4 Å². The van der Waals surface area contributed by atoms with Gasteiger partial charge in [0.25, 0.3) is 5.89 Å². The SMILES string of the molecule is CCSCc1noc(-c2cc(OC)ccc2O)n1. The Morgan fingerprint density at radius 2 is 2.28 bits per heavy atom. The van der Waals surface area contributed by atoms with E-state index in [0.29, 0.717) is 28.8 Å². The van der Waals surface area contributed by atoms with E-state index in [1.54, 1.807) is 37.1 Å². The number of rotatable bonds is 5. The molecular formula is C12H14N2O3S. The molecule has 0 aliphatic heterocycles. The number of hydrogen-bond donors (Lipinski definition) is 1. The van der Waals surface area contributed by atoms with Crippen molar-refractivity contribution in [1.29, 1.82) is 0 Å². The molecule has 0 fully saturated rings. The largest absolute Gasteiger partial charge is 0.507 e. The van der Waals surface area contributed by atoms with E-state index in [0.717, 1.165) is 5.75 Å². The third kappa shape index (κ3) is 2.76. The number of phenols is 1. The Bertz CT molecular complexity index is 528. The molecule has 0 spiro atoms. The van der Waals surface area contributed by atoms with Crippen LogP contribution >= 0.6 is 11.8 Å². The summed E-state index contributed by atoms with van der Waals surface area (Å²) in [7, 11) is 1.56. The summed E-state index contributed by atoms with van der Waals surface area (Å²) in [5.41, 5.74) is 0.481. The van der Waals surface area contributed by atoms with Crippen LogP contribution in [-0.4, -0.2) is 28.1 Å². The Morgan fingerprint density at radius 3 is 3.00 bits per heavy atom. The molecule has 2 aromatic rings. The molecule has 2 rings (SSSR count). The third-order valence-electron chi connectivity index (χ3n) is 2.34. The molecule has 1 aromatic heterocycles. The maximum atomic E-state index is 9.78. The van der Waals surface area contributed by atoms with E-state index in [4.69, 9.17) is 9.26 Å². The van der Waals surface area contributed by atoms with Gasteiger partial charge in [-0.1, -0.05) is 12.1 Å². The number of nitrogens with zero attached hydrogens (tertiary/aromatic N) is 2. The van der Waals surface area contributed by atoms with Crippen molar-refractivity contribution >= 4 is 11.8 Å². The molecule has 0 saturated carbocycles. The summed E-state index contributed by atoms with van der Waals surface area (Å²) in [6.45, 7) is 2.07. The molecule has 1 heterocycles. The number of aromatic hydroxyl groups is 1. The van der Waals surface area contributed by atoms with Gasteiger partial charge >= 0.3 is 0 Å². The van der Waals surface area contributed by atoms with Crippen LogP contribution in [0.3, 0.4) is 0 Å². The molecule has 6 heteroatoms. The number of phenolic OH excluding ortho intramolecular Hbond substituents is 1. The topological polar surface area (TPSA) is 68.4 Å². The van der Waals surface area contributed by atoms with Crippen molar-refractivity contribution in [2.24, 2.45) is 0 Å². The fourth-order valence-corrected chi connectivity index (χ4v) is 1.93. The van der Waals surface area contributed by atoms with Gasteiger partial charge in [-0.3, -0.25) is 0 Å². The normalized spacial score (nSPS) is 10.6. The monoisotopic (exact) mass is 266 g/mol. The molecule has 1 aromatic carbocycles. The number of aromatic nitrogens is 2. The van der Waals surface area contributed by atoms with E-state index >= 15 is 0 Å². The summed E-state index contributed by atoms with van der Waals surface area (Å²) in [4.78, 5) is 4.24. The van der Waals surface area contributed by atoms with Crippen LogP contribution in [-0.2, 0) is 5.75 Å². The molecule has 0 amide bonds. The van der Waals surface area contributed by atoms with Crippen LogP contribution in [0.2, 0.25) is 0 Å². The van der Waals surface area contributed by atoms with E-state index in [-0.39, 0.29) is 5.75 Å². The van der Waals surface area contributed by atoms with Crippen LogP contribution in [0.1, 0.15) is 12.7 Å². The van der Waals surface area contributed by atoms with E-state index < -0.39 is 0 Å².